The molecule has 1 aromatic carbocycles. The molecule has 18 heavy (non-hydrogen) atoms. The number of benzene rings is 1. The topological polar surface area (TPSA) is 47.6 Å². The lowest BCUT2D eigenvalue weighted by Gasteiger charge is -2.14. The van der Waals surface area contributed by atoms with Gasteiger partial charge in [-0.1, -0.05) is 18.2 Å². The maximum Gasteiger partial charge on any atom is 0.247 e. The molecule has 0 fully saturated rings. The molecule has 0 unspecified atom stereocenters. The van der Waals surface area contributed by atoms with Gasteiger partial charge >= 0.3 is 0 Å². The van der Waals surface area contributed by atoms with Crippen molar-refractivity contribution in [1.82, 2.24) is 0 Å². The first-order valence-electron chi connectivity index (χ1n) is 5.64. The third-order valence-electron chi connectivity index (χ3n) is 2.05. The average molecular weight is 270 g/mol. The molecule has 1 aromatic rings. The number of rotatable bonds is 6. The SMILES string of the molecule is C=CC(=O)Nc1cc(Cl)c(OCC)c(OCC)c1. The third-order valence-corrected chi connectivity index (χ3v) is 2.33. The van der Waals surface area contributed by atoms with Gasteiger partial charge in [0.15, 0.2) is 11.5 Å². The van der Waals surface area contributed by atoms with Crippen LogP contribution >= 0.6 is 11.6 Å². The maximum absolute atomic E-state index is 11.2. The summed E-state index contributed by atoms with van der Waals surface area (Å²) in [6.45, 7) is 8.07. The van der Waals surface area contributed by atoms with E-state index in [9.17, 15) is 4.79 Å². The van der Waals surface area contributed by atoms with Gasteiger partial charge in [0.05, 0.1) is 18.2 Å². The van der Waals surface area contributed by atoms with E-state index in [4.69, 9.17) is 21.1 Å². The van der Waals surface area contributed by atoms with E-state index in [2.05, 4.69) is 11.9 Å². The van der Waals surface area contributed by atoms with E-state index in [0.29, 0.717) is 35.4 Å². The van der Waals surface area contributed by atoms with Gasteiger partial charge in [-0.25, -0.2) is 0 Å². The van der Waals surface area contributed by atoms with Crippen molar-refractivity contribution in [3.63, 3.8) is 0 Å². The summed E-state index contributed by atoms with van der Waals surface area (Å²) in [7, 11) is 0. The first-order chi connectivity index (χ1) is 8.62. The molecule has 0 aliphatic carbocycles. The van der Waals surface area contributed by atoms with E-state index in [1.54, 1.807) is 12.1 Å². The van der Waals surface area contributed by atoms with E-state index in [-0.39, 0.29) is 5.91 Å². The van der Waals surface area contributed by atoms with Gasteiger partial charge in [-0.15, -0.1) is 0 Å². The van der Waals surface area contributed by atoms with E-state index in [1.807, 2.05) is 13.8 Å². The normalized spacial score (nSPS) is 9.72. The Kier molecular flexibility index (Phi) is 5.52. The first kappa shape index (κ1) is 14.4. The summed E-state index contributed by atoms with van der Waals surface area (Å²) in [6.07, 6.45) is 1.19. The summed E-state index contributed by atoms with van der Waals surface area (Å²) in [4.78, 5) is 11.2. The van der Waals surface area contributed by atoms with Crippen LogP contribution in [0.25, 0.3) is 0 Å². The fourth-order valence-electron chi connectivity index (χ4n) is 1.38. The van der Waals surface area contributed by atoms with Crippen molar-refractivity contribution in [2.45, 2.75) is 13.8 Å². The van der Waals surface area contributed by atoms with Gasteiger partial charge < -0.3 is 14.8 Å². The smallest absolute Gasteiger partial charge is 0.247 e. The van der Waals surface area contributed by atoms with Gasteiger partial charge in [0, 0.05) is 11.8 Å². The number of carbonyl (C=O) groups is 1. The third kappa shape index (κ3) is 3.67. The van der Waals surface area contributed by atoms with Gasteiger partial charge in [0.1, 0.15) is 0 Å². The summed E-state index contributed by atoms with van der Waals surface area (Å²) in [5, 5.41) is 3.01. The summed E-state index contributed by atoms with van der Waals surface area (Å²) in [5.74, 6) is 0.682. The van der Waals surface area contributed by atoms with Crippen LogP contribution in [-0.4, -0.2) is 19.1 Å². The van der Waals surface area contributed by atoms with Crippen molar-refractivity contribution >= 4 is 23.2 Å². The fourth-order valence-corrected chi connectivity index (χ4v) is 1.65. The van der Waals surface area contributed by atoms with Crippen LogP contribution < -0.4 is 14.8 Å². The van der Waals surface area contributed by atoms with Gasteiger partial charge in [-0.2, -0.15) is 0 Å². The Morgan fingerprint density at radius 3 is 2.61 bits per heavy atom. The summed E-state index contributed by atoms with van der Waals surface area (Å²) >= 11 is 6.09. The molecule has 4 nitrogen and oxygen atoms in total. The lowest BCUT2D eigenvalue weighted by atomic mass is 10.2. The minimum atomic E-state index is -0.308. The summed E-state index contributed by atoms with van der Waals surface area (Å²) in [6, 6.07) is 3.28. The highest BCUT2D eigenvalue weighted by Crippen LogP contribution is 2.38. The van der Waals surface area contributed by atoms with Crippen LogP contribution in [0.2, 0.25) is 5.02 Å². The van der Waals surface area contributed by atoms with Gasteiger partial charge in [0.2, 0.25) is 5.91 Å². The second-order valence-electron chi connectivity index (χ2n) is 3.34. The predicted molar refractivity (Wildman–Crippen MR) is 72.6 cm³/mol. The van der Waals surface area contributed by atoms with Crippen molar-refractivity contribution in [2.24, 2.45) is 0 Å². The van der Waals surface area contributed by atoms with Gasteiger partial charge in [0.25, 0.3) is 0 Å². The highest BCUT2D eigenvalue weighted by atomic mass is 35.5. The number of nitrogens with one attached hydrogen (secondary N) is 1. The van der Waals surface area contributed by atoms with Gasteiger partial charge in [-0.05, 0) is 26.0 Å². The molecule has 0 spiro atoms. The Morgan fingerprint density at radius 2 is 2.06 bits per heavy atom. The molecule has 1 N–H and O–H groups in total. The Balaban J connectivity index is 3.09. The number of halogens is 1. The van der Waals surface area contributed by atoms with Gasteiger partial charge in [-0.3, -0.25) is 4.79 Å². The van der Waals surface area contributed by atoms with Crippen molar-refractivity contribution in [1.29, 1.82) is 0 Å². The standard InChI is InChI=1S/C13H16ClNO3/c1-4-12(16)15-9-7-10(14)13(18-6-3)11(8-9)17-5-2/h4,7-8H,1,5-6H2,2-3H3,(H,15,16). The first-order valence-corrected chi connectivity index (χ1v) is 6.02. The van der Waals surface area contributed by atoms with Crippen LogP contribution in [0.1, 0.15) is 13.8 Å². The fraction of sp³-hybridized carbons (Fsp3) is 0.308. The predicted octanol–water partition coefficient (Wildman–Crippen LogP) is 3.26. The quantitative estimate of drug-likeness (QED) is 0.807. The molecule has 1 rings (SSSR count). The molecule has 0 atom stereocenters. The molecule has 0 aliphatic heterocycles. The molecule has 98 valence electrons. The van der Waals surface area contributed by atoms with Crippen LogP contribution in [0.15, 0.2) is 24.8 Å². The second-order valence-corrected chi connectivity index (χ2v) is 3.75. The molecule has 5 heteroatoms. The lowest BCUT2D eigenvalue weighted by Crippen LogP contribution is -2.08. The number of ether oxygens (including phenoxy) is 2. The molecular weight excluding hydrogens is 254 g/mol. The van der Waals surface area contributed by atoms with Crippen LogP contribution in [-0.2, 0) is 4.79 Å². The van der Waals surface area contributed by atoms with Crippen molar-refractivity contribution < 1.29 is 14.3 Å². The van der Waals surface area contributed by atoms with Crippen molar-refractivity contribution in [2.75, 3.05) is 18.5 Å². The van der Waals surface area contributed by atoms with Crippen LogP contribution in [0.5, 0.6) is 11.5 Å². The number of anilines is 1. The Morgan fingerprint density at radius 1 is 1.39 bits per heavy atom. The van der Waals surface area contributed by atoms with Crippen LogP contribution in [0, 0.1) is 0 Å². The highest BCUT2D eigenvalue weighted by molar-refractivity contribution is 6.32. The van der Waals surface area contributed by atoms with E-state index < -0.39 is 0 Å². The lowest BCUT2D eigenvalue weighted by molar-refractivity contribution is -0.111. The summed E-state index contributed by atoms with van der Waals surface area (Å²) < 4.78 is 10.9. The van der Waals surface area contributed by atoms with E-state index >= 15 is 0 Å². The largest absolute Gasteiger partial charge is 0.490 e. The molecule has 0 saturated heterocycles. The summed E-state index contributed by atoms with van der Waals surface area (Å²) in [5.41, 5.74) is 0.539. The van der Waals surface area contributed by atoms with Crippen molar-refractivity contribution in [3.8, 4) is 11.5 Å². The van der Waals surface area contributed by atoms with E-state index in [0.717, 1.165) is 0 Å². The average Bonchev–Trinajstić information content (AvgIpc) is 2.34. The minimum Gasteiger partial charge on any atom is -0.490 e. The number of amides is 1. The number of hydrogen-bond donors (Lipinski definition) is 1. The van der Waals surface area contributed by atoms with Crippen LogP contribution in [0.3, 0.4) is 0 Å². The number of carbonyl (C=O) groups excluding carboxylic acids is 1. The Bertz CT molecular complexity index is 446. The molecule has 0 bridgehead atoms. The molecule has 0 aromatic heterocycles. The van der Waals surface area contributed by atoms with Crippen LogP contribution in [0.4, 0.5) is 5.69 Å². The van der Waals surface area contributed by atoms with E-state index in [1.165, 1.54) is 6.08 Å². The number of hydrogen-bond acceptors (Lipinski definition) is 3. The maximum atomic E-state index is 11.2. The Labute approximate surface area is 112 Å². The highest BCUT2D eigenvalue weighted by Gasteiger charge is 2.12. The molecule has 0 radical (unpaired) electrons. The zero-order valence-electron chi connectivity index (χ0n) is 10.5. The zero-order valence-corrected chi connectivity index (χ0v) is 11.2. The zero-order chi connectivity index (χ0) is 13.5. The van der Waals surface area contributed by atoms with Crippen molar-refractivity contribution in [3.05, 3.63) is 29.8 Å². The Hall–Kier alpha value is -1.68. The minimum absolute atomic E-state index is 0.308. The molecular formula is C13H16ClNO3. The molecule has 0 aliphatic rings. The monoisotopic (exact) mass is 269 g/mol. The molecule has 1 amide bonds. The molecule has 0 heterocycles. The molecule has 0 saturated carbocycles. The second kappa shape index (κ2) is 6.91.